The highest BCUT2D eigenvalue weighted by atomic mass is 17.3. The zero-order valence-electron chi connectivity index (χ0n) is 27.4. The molecule has 2 N–H and O–H groups in total. The summed E-state index contributed by atoms with van der Waals surface area (Å²) in [6, 6.07) is 0. The molecule has 0 amide bonds. The molecule has 0 rings (SSSR count). The van der Waals surface area contributed by atoms with E-state index in [1.807, 2.05) is 0 Å². The fraction of sp³-hybridized carbons (Fsp3) is 0.875. The molecule has 0 aromatic carbocycles. The van der Waals surface area contributed by atoms with Gasteiger partial charge >= 0.3 is 24.6 Å². The Bertz CT molecular complexity index is 616. The molecule has 0 aliphatic carbocycles. The molecule has 0 radical (unpaired) electrons. The number of unbranched alkanes of at least 4 members (excludes halogenated alkanes) is 22. The number of carboxylic acid groups (broad SMARTS) is 2. The van der Waals surface area contributed by atoms with Crippen LogP contribution in [0.4, 0.5) is 19.2 Å². The second-order valence-electron chi connectivity index (χ2n) is 10.8. The molecule has 44 heavy (non-hydrogen) atoms. The summed E-state index contributed by atoms with van der Waals surface area (Å²) < 4.78 is 9.83. The maximum atomic E-state index is 11.5. The fourth-order valence-electron chi connectivity index (χ4n) is 4.38. The molecule has 0 saturated carbocycles. The molecule has 12 nitrogen and oxygen atoms in total. The van der Waals surface area contributed by atoms with Crippen LogP contribution in [0.25, 0.3) is 0 Å². The van der Waals surface area contributed by atoms with Crippen molar-refractivity contribution in [1.29, 1.82) is 0 Å². The van der Waals surface area contributed by atoms with Crippen LogP contribution in [0.5, 0.6) is 0 Å². The average molecular weight is 637 g/mol. The van der Waals surface area contributed by atoms with Crippen molar-refractivity contribution >= 4 is 24.6 Å². The van der Waals surface area contributed by atoms with Gasteiger partial charge in [0.1, 0.15) is 0 Å². The molecule has 0 aromatic heterocycles. The summed E-state index contributed by atoms with van der Waals surface area (Å²) in [6.07, 6.45) is 24.3. The first-order valence-corrected chi connectivity index (χ1v) is 16.8. The molecule has 0 unspecified atom stereocenters. The Labute approximate surface area is 264 Å². The Kier molecular flexibility index (Phi) is 35.6. The standard InChI is InChI=1S/C30H58O6.C2H2O6/c1-3-5-7-9-11-13-15-17-19-21-23-25-27-33-29(31)35-36-30(32)34-28-26-24-22-20-18-16-14-12-10-8-6-4-2;3-1(4)7-8-2(5)6/h3-28H2,1-2H3;(H,3,4)(H,5,6). The van der Waals surface area contributed by atoms with Gasteiger partial charge in [0.25, 0.3) is 0 Å². The van der Waals surface area contributed by atoms with Gasteiger partial charge in [-0.05, 0) is 12.8 Å². The molecule has 0 fully saturated rings. The predicted octanol–water partition coefficient (Wildman–Crippen LogP) is 10.9. The minimum atomic E-state index is -1.80. The van der Waals surface area contributed by atoms with Crippen LogP contribution in [-0.4, -0.2) is 48.0 Å². The summed E-state index contributed by atoms with van der Waals surface area (Å²) in [7, 11) is 0. The van der Waals surface area contributed by atoms with Crippen molar-refractivity contribution in [3.8, 4) is 0 Å². The average Bonchev–Trinajstić information content (AvgIpc) is 3.00. The first-order chi connectivity index (χ1) is 21.3. The summed E-state index contributed by atoms with van der Waals surface area (Å²) in [6.45, 7) is 5.04. The van der Waals surface area contributed by atoms with Crippen LogP contribution in [0.15, 0.2) is 0 Å². The number of hydrogen-bond donors (Lipinski definition) is 2. The van der Waals surface area contributed by atoms with Gasteiger partial charge in [-0.25, -0.2) is 19.4 Å². The zero-order valence-corrected chi connectivity index (χ0v) is 27.4. The monoisotopic (exact) mass is 636 g/mol. The third-order valence-corrected chi connectivity index (χ3v) is 6.80. The highest BCUT2D eigenvalue weighted by Crippen LogP contribution is 2.13. The van der Waals surface area contributed by atoms with Crippen LogP contribution >= 0.6 is 0 Å². The van der Waals surface area contributed by atoms with Gasteiger partial charge in [-0.1, -0.05) is 155 Å². The summed E-state index contributed by atoms with van der Waals surface area (Å²) in [5.74, 6) is 0. The lowest BCUT2D eigenvalue weighted by Crippen LogP contribution is -2.14. The van der Waals surface area contributed by atoms with Crippen LogP contribution in [0.3, 0.4) is 0 Å². The van der Waals surface area contributed by atoms with E-state index in [-0.39, 0.29) is 13.2 Å². The third-order valence-electron chi connectivity index (χ3n) is 6.80. The first-order valence-electron chi connectivity index (χ1n) is 16.8. The third kappa shape index (κ3) is 41.2. The van der Waals surface area contributed by atoms with Crippen molar-refractivity contribution in [3.05, 3.63) is 0 Å². The Morgan fingerprint density at radius 2 is 0.591 bits per heavy atom. The van der Waals surface area contributed by atoms with Crippen LogP contribution < -0.4 is 0 Å². The van der Waals surface area contributed by atoms with Crippen molar-refractivity contribution in [2.75, 3.05) is 13.2 Å². The lowest BCUT2D eigenvalue weighted by Gasteiger charge is -2.06. The topological polar surface area (TPSA) is 164 Å². The van der Waals surface area contributed by atoms with Gasteiger partial charge in [0.05, 0.1) is 13.2 Å². The van der Waals surface area contributed by atoms with E-state index in [9.17, 15) is 19.2 Å². The molecule has 0 spiro atoms. The predicted molar refractivity (Wildman–Crippen MR) is 165 cm³/mol. The van der Waals surface area contributed by atoms with Gasteiger partial charge in [0.2, 0.25) is 0 Å². The van der Waals surface area contributed by atoms with Crippen molar-refractivity contribution in [3.63, 3.8) is 0 Å². The molecule has 0 atom stereocenters. The Balaban J connectivity index is 0. The van der Waals surface area contributed by atoms with Crippen LogP contribution in [0, 0.1) is 0 Å². The second-order valence-corrected chi connectivity index (χ2v) is 10.8. The van der Waals surface area contributed by atoms with Gasteiger partial charge in [-0.15, -0.1) is 0 Å². The molecule has 0 saturated heterocycles. The highest BCUT2D eigenvalue weighted by Gasteiger charge is 2.11. The van der Waals surface area contributed by atoms with Crippen molar-refractivity contribution in [1.82, 2.24) is 0 Å². The molecular weight excluding hydrogens is 576 g/mol. The molecule has 0 aliphatic rings. The minimum Gasteiger partial charge on any atom is -0.447 e. The smallest absolute Gasteiger partial charge is 0.447 e. The highest BCUT2D eigenvalue weighted by molar-refractivity contribution is 5.63. The van der Waals surface area contributed by atoms with Gasteiger partial charge in [0, 0.05) is 0 Å². The zero-order chi connectivity index (χ0) is 32.9. The minimum absolute atomic E-state index is 0.271. The molecular formula is C32H60O12. The van der Waals surface area contributed by atoms with Crippen LogP contribution in [0.1, 0.15) is 168 Å². The molecule has 0 aromatic rings. The van der Waals surface area contributed by atoms with Crippen LogP contribution in [0.2, 0.25) is 0 Å². The SMILES string of the molecule is CCCCCCCCCCCCCCOC(=O)OOC(=O)OCCCCCCCCCCCCCC.O=C(O)OOC(=O)O. The molecule has 0 bridgehead atoms. The Morgan fingerprint density at radius 3 is 0.818 bits per heavy atom. The van der Waals surface area contributed by atoms with E-state index >= 15 is 0 Å². The van der Waals surface area contributed by atoms with E-state index in [1.165, 1.54) is 116 Å². The molecule has 0 heterocycles. The number of ether oxygens (including phenoxy) is 2. The van der Waals surface area contributed by atoms with Crippen LogP contribution in [-0.2, 0) is 29.0 Å². The molecule has 260 valence electrons. The van der Waals surface area contributed by atoms with E-state index in [4.69, 9.17) is 19.7 Å². The van der Waals surface area contributed by atoms with E-state index in [2.05, 4.69) is 33.4 Å². The summed E-state index contributed by atoms with van der Waals surface area (Å²) in [5.41, 5.74) is 0. The maximum absolute atomic E-state index is 11.5. The quantitative estimate of drug-likeness (QED) is 0.0400. The Morgan fingerprint density at radius 1 is 0.364 bits per heavy atom. The van der Waals surface area contributed by atoms with Gasteiger partial charge in [-0.3, -0.25) is 0 Å². The van der Waals surface area contributed by atoms with E-state index in [1.54, 1.807) is 0 Å². The van der Waals surface area contributed by atoms with Crippen molar-refractivity contribution in [2.24, 2.45) is 0 Å². The lowest BCUT2D eigenvalue weighted by molar-refractivity contribution is -0.217. The van der Waals surface area contributed by atoms with Gasteiger partial charge in [-0.2, -0.15) is 19.4 Å². The number of rotatable bonds is 26. The number of carbonyl (C=O) groups excluding carboxylic acids is 2. The van der Waals surface area contributed by atoms with Crippen molar-refractivity contribution in [2.45, 2.75) is 168 Å². The van der Waals surface area contributed by atoms with E-state index < -0.39 is 24.6 Å². The summed E-state index contributed by atoms with van der Waals surface area (Å²) >= 11 is 0. The van der Waals surface area contributed by atoms with Crippen molar-refractivity contribution < 1.29 is 58.4 Å². The Hall–Kier alpha value is -2.92. The molecule has 12 heteroatoms. The number of hydrogen-bond acceptors (Lipinski definition) is 10. The number of carbonyl (C=O) groups is 4. The van der Waals surface area contributed by atoms with Gasteiger partial charge in [0.15, 0.2) is 0 Å². The second kappa shape index (κ2) is 36.3. The maximum Gasteiger partial charge on any atom is 0.549 e. The van der Waals surface area contributed by atoms with E-state index in [0.29, 0.717) is 0 Å². The largest absolute Gasteiger partial charge is 0.549 e. The normalized spacial score (nSPS) is 10.2. The fourth-order valence-corrected chi connectivity index (χ4v) is 4.38. The van der Waals surface area contributed by atoms with Gasteiger partial charge < -0.3 is 19.7 Å². The first kappa shape index (κ1) is 43.2. The van der Waals surface area contributed by atoms with E-state index in [0.717, 1.165) is 38.5 Å². The summed E-state index contributed by atoms with van der Waals surface area (Å²) in [5, 5.41) is 15.1. The molecule has 0 aliphatic heterocycles. The summed E-state index contributed by atoms with van der Waals surface area (Å²) in [4.78, 5) is 56.4. The lowest BCUT2D eigenvalue weighted by atomic mass is 10.1.